The third-order valence-electron chi connectivity index (χ3n) is 3.48. The van der Waals surface area contributed by atoms with E-state index in [1.165, 1.54) is 0 Å². The molecule has 0 radical (unpaired) electrons. The molecule has 0 saturated heterocycles. The largest absolute Gasteiger partial charge is 0.320 e. The van der Waals surface area contributed by atoms with Gasteiger partial charge in [0, 0.05) is 6.54 Å². The third-order valence-corrected chi connectivity index (χ3v) is 5.34. The summed E-state index contributed by atoms with van der Waals surface area (Å²) in [4.78, 5) is 0. The van der Waals surface area contributed by atoms with E-state index in [4.69, 9.17) is 0 Å². The number of para-hydroxylation sites is 1. The Balaban J connectivity index is 2.09. The molecule has 106 valence electrons. The molecule has 5 heteroatoms. The van der Waals surface area contributed by atoms with Crippen molar-refractivity contribution in [2.45, 2.75) is 25.7 Å². The van der Waals surface area contributed by atoms with E-state index in [9.17, 15) is 8.42 Å². The Morgan fingerprint density at radius 1 is 1.26 bits per heavy atom. The van der Waals surface area contributed by atoms with Crippen LogP contribution >= 0.6 is 0 Å². The van der Waals surface area contributed by atoms with Crippen LogP contribution in [0.15, 0.2) is 24.3 Å². The Morgan fingerprint density at radius 3 is 2.84 bits per heavy atom. The molecule has 1 N–H and O–H groups in total. The van der Waals surface area contributed by atoms with Gasteiger partial charge < -0.3 is 5.32 Å². The van der Waals surface area contributed by atoms with Gasteiger partial charge in [-0.2, -0.15) is 0 Å². The first-order valence-corrected chi connectivity index (χ1v) is 8.49. The molecule has 1 aromatic rings. The Morgan fingerprint density at radius 2 is 2.05 bits per heavy atom. The van der Waals surface area contributed by atoms with Gasteiger partial charge in [0.25, 0.3) is 0 Å². The molecule has 1 aliphatic heterocycles. The number of nitrogens with zero attached hydrogens (tertiary/aromatic N) is 1. The van der Waals surface area contributed by atoms with Gasteiger partial charge in [-0.25, -0.2) is 8.42 Å². The Hall–Kier alpha value is -1.07. The van der Waals surface area contributed by atoms with Crippen LogP contribution in [0.1, 0.15) is 24.8 Å². The smallest absolute Gasteiger partial charge is 0.235 e. The lowest BCUT2D eigenvalue weighted by molar-refractivity contribution is 0.581. The van der Waals surface area contributed by atoms with Crippen molar-refractivity contribution in [1.29, 1.82) is 0 Å². The summed E-state index contributed by atoms with van der Waals surface area (Å²) in [6, 6.07) is 7.83. The minimum absolute atomic E-state index is 0.239. The minimum atomic E-state index is -3.17. The number of hydrogen-bond donors (Lipinski definition) is 1. The Bertz CT molecular complexity index is 514. The fourth-order valence-electron chi connectivity index (χ4n) is 2.48. The molecule has 0 saturated carbocycles. The molecule has 0 unspecified atom stereocenters. The van der Waals surface area contributed by atoms with E-state index in [-0.39, 0.29) is 5.75 Å². The maximum Gasteiger partial charge on any atom is 0.235 e. The molecule has 1 heterocycles. The van der Waals surface area contributed by atoms with Crippen molar-refractivity contribution in [3.05, 3.63) is 29.8 Å². The zero-order valence-electron chi connectivity index (χ0n) is 11.4. The number of nitrogens with one attached hydrogen (secondary N) is 1. The maximum absolute atomic E-state index is 12.4. The van der Waals surface area contributed by atoms with Crippen LogP contribution in [-0.4, -0.2) is 34.3 Å². The number of aryl methyl sites for hydroxylation is 1. The minimum Gasteiger partial charge on any atom is -0.320 e. The summed E-state index contributed by atoms with van der Waals surface area (Å²) >= 11 is 0. The van der Waals surface area contributed by atoms with Gasteiger partial charge in [-0.3, -0.25) is 4.31 Å². The molecule has 0 spiro atoms. The molecule has 19 heavy (non-hydrogen) atoms. The first-order chi connectivity index (χ1) is 9.15. The summed E-state index contributed by atoms with van der Waals surface area (Å²) in [7, 11) is -1.29. The number of unbranched alkanes of at least 4 members (excludes halogenated alkanes) is 1. The molecule has 0 aliphatic carbocycles. The Labute approximate surface area is 115 Å². The summed E-state index contributed by atoms with van der Waals surface area (Å²) in [5, 5.41) is 3.04. The van der Waals surface area contributed by atoms with Crippen molar-refractivity contribution in [3.63, 3.8) is 0 Å². The summed E-state index contributed by atoms with van der Waals surface area (Å²) < 4.78 is 26.4. The summed E-state index contributed by atoms with van der Waals surface area (Å²) in [5.74, 6) is 0.239. The molecule has 4 nitrogen and oxygen atoms in total. The van der Waals surface area contributed by atoms with Crippen molar-refractivity contribution in [3.8, 4) is 0 Å². The van der Waals surface area contributed by atoms with Gasteiger partial charge in [0.1, 0.15) is 0 Å². The molecule has 0 fully saturated rings. The quantitative estimate of drug-likeness (QED) is 0.809. The fourth-order valence-corrected chi connectivity index (χ4v) is 4.16. The third kappa shape index (κ3) is 3.48. The average Bonchev–Trinajstić information content (AvgIpc) is 2.43. The molecule has 2 rings (SSSR count). The standard InChI is InChI=1S/C14H22N2O2S/c1-15-10-4-5-12-19(17,18)16-11-6-8-13-7-2-3-9-14(13)16/h2-3,7,9,15H,4-6,8,10-12H2,1H3. The molecule has 0 bridgehead atoms. The van der Waals surface area contributed by atoms with E-state index >= 15 is 0 Å². The van der Waals surface area contributed by atoms with Gasteiger partial charge in [0.05, 0.1) is 11.4 Å². The summed E-state index contributed by atoms with van der Waals surface area (Å²) in [5.41, 5.74) is 2.02. The molecular weight excluding hydrogens is 260 g/mol. The van der Waals surface area contributed by atoms with Crippen LogP contribution in [0, 0.1) is 0 Å². The SMILES string of the molecule is CNCCCCS(=O)(=O)N1CCCc2ccccc21. The second kappa shape index (κ2) is 6.39. The van der Waals surface area contributed by atoms with Gasteiger partial charge in [-0.15, -0.1) is 0 Å². The lowest BCUT2D eigenvalue weighted by Crippen LogP contribution is -2.37. The topological polar surface area (TPSA) is 49.4 Å². The van der Waals surface area contributed by atoms with Gasteiger partial charge in [-0.1, -0.05) is 18.2 Å². The molecule has 1 aromatic carbocycles. The summed E-state index contributed by atoms with van der Waals surface area (Å²) in [6.45, 7) is 1.48. The number of fused-ring (bicyclic) bond motifs is 1. The highest BCUT2D eigenvalue weighted by atomic mass is 32.2. The molecule has 1 aliphatic rings. The van der Waals surface area contributed by atoms with Crippen molar-refractivity contribution in [2.24, 2.45) is 0 Å². The van der Waals surface area contributed by atoms with Crippen molar-refractivity contribution in [1.82, 2.24) is 5.32 Å². The lowest BCUT2D eigenvalue weighted by Gasteiger charge is -2.30. The van der Waals surface area contributed by atoms with Crippen LogP contribution in [-0.2, 0) is 16.4 Å². The van der Waals surface area contributed by atoms with E-state index in [2.05, 4.69) is 5.32 Å². The molecule has 0 atom stereocenters. The van der Waals surface area contributed by atoms with Crippen LogP contribution in [0.2, 0.25) is 0 Å². The molecular formula is C14H22N2O2S. The highest BCUT2D eigenvalue weighted by Crippen LogP contribution is 2.29. The first kappa shape index (κ1) is 14.3. The van der Waals surface area contributed by atoms with Crippen molar-refractivity contribution >= 4 is 15.7 Å². The van der Waals surface area contributed by atoms with E-state index in [1.54, 1.807) is 4.31 Å². The van der Waals surface area contributed by atoms with Gasteiger partial charge in [-0.05, 0) is 50.9 Å². The number of hydrogen-bond acceptors (Lipinski definition) is 3. The van der Waals surface area contributed by atoms with E-state index in [0.717, 1.165) is 37.1 Å². The van der Waals surface area contributed by atoms with Gasteiger partial charge in [0.15, 0.2) is 0 Å². The monoisotopic (exact) mass is 282 g/mol. The van der Waals surface area contributed by atoms with E-state index < -0.39 is 10.0 Å². The normalized spacial score (nSPS) is 15.3. The predicted molar refractivity (Wildman–Crippen MR) is 79.1 cm³/mol. The highest BCUT2D eigenvalue weighted by molar-refractivity contribution is 7.92. The first-order valence-electron chi connectivity index (χ1n) is 6.88. The van der Waals surface area contributed by atoms with E-state index in [0.29, 0.717) is 13.0 Å². The molecule has 0 aromatic heterocycles. The number of benzene rings is 1. The van der Waals surface area contributed by atoms with Gasteiger partial charge in [0.2, 0.25) is 10.0 Å². The second-order valence-corrected chi connectivity index (χ2v) is 6.94. The van der Waals surface area contributed by atoms with Crippen LogP contribution in [0.5, 0.6) is 0 Å². The molecule has 0 amide bonds. The van der Waals surface area contributed by atoms with Crippen LogP contribution < -0.4 is 9.62 Å². The fraction of sp³-hybridized carbons (Fsp3) is 0.571. The predicted octanol–water partition coefficient (Wildman–Crippen LogP) is 1.77. The van der Waals surface area contributed by atoms with Crippen LogP contribution in [0.25, 0.3) is 0 Å². The lowest BCUT2D eigenvalue weighted by atomic mass is 10.0. The number of anilines is 1. The van der Waals surface area contributed by atoms with Crippen LogP contribution in [0.3, 0.4) is 0 Å². The van der Waals surface area contributed by atoms with Crippen LogP contribution in [0.4, 0.5) is 5.69 Å². The zero-order valence-corrected chi connectivity index (χ0v) is 12.2. The zero-order chi connectivity index (χ0) is 13.7. The average molecular weight is 282 g/mol. The van der Waals surface area contributed by atoms with Crippen molar-refractivity contribution < 1.29 is 8.42 Å². The summed E-state index contributed by atoms with van der Waals surface area (Å²) in [6.07, 6.45) is 3.49. The number of sulfonamides is 1. The maximum atomic E-state index is 12.4. The highest BCUT2D eigenvalue weighted by Gasteiger charge is 2.26. The van der Waals surface area contributed by atoms with Crippen molar-refractivity contribution in [2.75, 3.05) is 30.2 Å². The van der Waals surface area contributed by atoms with E-state index in [1.807, 2.05) is 31.3 Å². The second-order valence-electron chi connectivity index (χ2n) is 4.93. The van der Waals surface area contributed by atoms with Gasteiger partial charge >= 0.3 is 0 Å². The number of rotatable bonds is 6. The Kier molecular flexibility index (Phi) is 4.82.